The molecule has 3 heterocycles. The fourth-order valence-electron chi connectivity index (χ4n) is 3.72. The number of hydrogen-bond acceptors (Lipinski definition) is 6. The first-order valence-corrected chi connectivity index (χ1v) is 10.8. The zero-order valence-corrected chi connectivity index (χ0v) is 19.3. The first-order valence-electron chi connectivity index (χ1n) is 10.1. The van der Waals surface area contributed by atoms with Gasteiger partial charge in [0.05, 0.1) is 29.9 Å². The van der Waals surface area contributed by atoms with Crippen LogP contribution in [0.2, 0.25) is 0 Å². The quantitative estimate of drug-likeness (QED) is 0.498. The van der Waals surface area contributed by atoms with E-state index >= 15 is 0 Å². The number of halogens is 1. The second-order valence-electron chi connectivity index (χ2n) is 7.68. The van der Waals surface area contributed by atoms with Gasteiger partial charge in [-0.05, 0) is 50.8 Å². The van der Waals surface area contributed by atoms with Gasteiger partial charge in [0.25, 0.3) is 0 Å². The highest BCUT2D eigenvalue weighted by Crippen LogP contribution is 2.34. The van der Waals surface area contributed by atoms with Crippen LogP contribution < -0.4 is 0 Å². The van der Waals surface area contributed by atoms with Gasteiger partial charge in [0, 0.05) is 35.4 Å². The van der Waals surface area contributed by atoms with Crippen LogP contribution in [0.4, 0.5) is 0 Å². The summed E-state index contributed by atoms with van der Waals surface area (Å²) in [6, 6.07) is 11.6. The van der Waals surface area contributed by atoms with Crippen LogP contribution in [-0.2, 0) is 16.1 Å². The molecule has 0 amide bonds. The molecule has 3 aromatic rings. The fraction of sp³-hybridized carbons (Fsp3) is 0.304. The van der Waals surface area contributed by atoms with Crippen molar-refractivity contribution in [2.75, 3.05) is 21.2 Å². The number of imidazole rings is 1. The number of rotatable bonds is 6. The van der Waals surface area contributed by atoms with Crippen LogP contribution in [-0.4, -0.2) is 52.3 Å². The van der Waals surface area contributed by atoms with Crippen molar-refractivity contribution in [3.63, 3.8) is 0 Å². The predicted molar refractivity (Wildman–Crippen MR) is 123 cm³/mol. The molecule has 0 bridgehead atoms. The first-order chi connectivity index (χ1) is 15.0. The first kappa shape index (κ1) is 21.4. The van der Waals surface area contributed by atoms with Crippen LogP contribution in [0.15, 0.2) is 58.3 Å². The van der Waals surface area contributed by atoms with Crippen molar-refractivity contribution >= 4 is 27.6 Å². The summed E-state index contributed by atoms with van der Waals surface area (Å²) in [5.74, 6) is 0.556. The lowest BCUT2D eigenvalue weighted by Crippen LogP contribution is -2.12. The number of pyridine rings is 1. The molecule has 0 fully saturated rings. The molecule has 7 nitrogen and oxygen atoms in total. The Balaban J connectivity index is 1.90. The van der Waals surface area contributed by atoms with Gasteiger partial charge in [-0.3, -0.25) is 14.8 Å². The molecular weight excluding hydrogens is 458 g/mol. The Morgan fingerprint density at radius 2 is 2.10 bits per heavy atom. The summed E-state index contributed by atoms with van der Waals surface area (Å²) in [4.78, 5) is 28.5. The van der Waals surface area contributed by atoms with E-state index in [0.29, 0.717) is 13.0 Å². The van der Waals surface area contributed by atoms with E-state index in [4.69, 9.17) is 14.7 Å². The van der Waals surface area contributed by atoms with Gasteiger partial charge in [0.2, 0.25) is 0 Å². The Morgan fingerprint density at radius 3 is 2.81 bits per heavy atom. The molecule has 1 unspecified atom stereocenters. The van der Waals surface area contributed by atoms with E-state index in [1.54, 1.807) is 6.20 Å². The molecule has 0 aliphatic carbocycles. The predicted octanol–water partition coefficient (Wildman–Crippen LogP) is 3.94. The molecule has 1 atom stereocenters. The number of aliphatic imine (C=N–C) groups is 1. The monoisotopic (exact) mass is 481 g/mol. The number of carbonyl (C=O) groups excluding carboxylic acids is 1. The number of hydrogen-bond donors (Lipinski definition) is 0. The lowest BCUT2D eigenvalue weighted by molar-refractivity contribution is -0.140. The minimum Gasteiger partial charge on any atom is -0.469 e. The second-order valence-corrected chi connectivity index (χ2v) is 8.60. The molecule has 0 saturated carbocycles. The molecule has 160 valence electrons. The number of methoxy groups -OCH3 is 1. The maximum absolute atomic E-state index is 11.9. The van der Waals surface area contributed by atoms with Gasteiger partial charge in [-0.2, -0.15) is 0 Å². The zero-order valence-electron chi connectivity index (χ0n) is 17.7. The normalized spacial score (nSPS) is 15.1. The van der Waals surface area contributed by atoms with Gasteiger partial charge in [-0.25, -0.2) is 4.98 Å². The zero-order chi connectivity index (χ0) is 22.0. The van der Waals surface area contributed by atoms with E-state index in [-0.39, 0.29) is 18.4 Å². The van der Waals surface area contributed by atoms with Crippen molar-refractivity contribution in [1.29, 1.82) is 0 Å². The van der Waals surface area contributed by atoms with Crippen molar-refractivity contribution in [3.8, 4) is 5.69 Å². The number of nitrogens with zero attached hydrogens (tertiary/aromatic N) is 5. The number of carbonyl (C=O) groups is 1. The van der Waals surface area contributed by atoms with Crippen molar-refractivity contribution in [3.05, 3.63) is 76.0 Å². The van der Waals surface area contributed by atoms with Gasteiger partial charge in [0.1, 0.15) is 11.9 Å². The Morgan fingerprint density at radius 1 is 1.26 bits per heavy atom. The Hall–Kier alpha value is -2.84. The maximum atomic E-state index is 11.9. The summed E-state index contributed by atoms with van der Waals surface area (Å²) < 4.78 is 7.92. The average molecular weight is 482 g/mol. The Labute approximate surface area is 189 Å². The van der Waals surface area contributed by atoms with Gasteiger partial charge in [0.15, 0.2) is 0 Å². The molecule has 8 heteroatoms. The molecule has 1 aromatic carbocycles. The van der Waals surface area contributed by atoms with E-state index in [0.717, 1.165) is 38.6 Å². The number of aromatic nitrogens is 3. The van der Waals surface area contributed by atoms with E-state index in [1.807, 2.05) is 38.4 Å². The number of ether oxygens (including phenoxy) is 1. The van der Waals surface area contributed by atoms with Crippen LogP contribution in [0.25, 0.3) is 5.69 Å². The molecule has 1 aliphatic heterocycles. The molecule has 4 rings (SSSR count). The molecule has 0 N–H and O–H groups in total. The smallest absolute Gasteiger partial charge is 0.305 e. The number of esters is 1. The highest BCUT2D eigenvalue weighted by atomic mass is 79.9. The third-order valence-corrected chi connectivity index (χ3v) is 5.57. The van der Waals surface area contributed by atoms with E-state index in [9.17, 15) is 4.79 Å². The maximum Gasteiger partial charge on any atom is 0.305 e. The fourth-order valence-corrected chi connectivity index (χ4v) is 4.08. The summed E-state index contributed by atoms with van der Waals surface area (Å²) >= 11 is 3.60. The number of fused-ring (bicyclic) bond motifs is 3. The second kappa shape index (κ2) is 9.11. The van der Waals surface area contributed by atoms with Crippen LogP contribution in [0, 0.1) is 0 Å². The molecular formula is C23H24BrN5O2. The third-order valence-electron chi connectivity index (χ3n) is 5.07. The van der Waals surface area contributed by atoms with Gasteiger partial charge < -0.3 is 14.2 Å². The van der Waals surface area contributed by atoms with Crippen LogP contribution >= 0.6 is 15.9 Å². The van der Waals surface area contributed by atoms with Crippen LogP contribution in [0.1, 0.15) is 41.7 Å². The van der Waals surface area contributed by atoms with Crippen LogP contribution in [0.5, 0.6) is 0 Å². The Kier molecular flexibility index (Phi) is 6.29. The summed E-state index contributed by atoms with van der Waals surface area (Å²) in [7, 11) is 5.44. The third kappa shape index (κ3) is 4.60. The van der Waals surface area contributed by atoms with Crippen molar-refractivity contribution in [2.24, 2.45) is 4.99 Å². The minimum absolute atomic E-state index is 0.259. The lowest BCUT2D eigenvalue weighted by atomic mass is 10.0. The largest absolute Gasteiger partial charge is 0.469 e. The minimum atomic E-state index is -0.307. The molecule has 0 radical (unpaired) electrons. The molecule has 0 spiro atoms. The summed E-state index contributed by atoms with van der Waals surface area (Å²) in [5, 5.41) is 0. The van der Waals surface area contributed by atoms with Crippen molar-refractivity contribution in [2.45, 2.75) is 25.4 Å². The number of benzene rings is 1. The van der Waals surface area contributed by atoms with Crippen LogP contribution in [0.3, 0.4) is 0 Å². The summed E-state index contributed by atoms with van der Waals surface area (Å²) in [6.07, 6.45) is 4.58. The van der Waals surface area contributed by atoms with E-state index in [1.165, 1.54) is 7.11 Å². The molecule has 31 heavy (non-hydrogen) atoms. The van der Waals surface area contributed by atoms with E-state index in [2.05, 4.69) is 48.7 Å². The Bertz CT molecular complexity index is 1120. The standard InChI is InChI=1S/C23H24BrN5O2/c1-28(2)13-16-14-29-20-9-7-15(24)12-17(20)22(18-6-4-5-11-25-18)27-19(23(29)26-16)8-10-21(30)31-3/h4-7,9,11-12,14,19H,8,10,13H2,1-3H3. The molecule has 2 aromatic heterocycles. The van der Waals surface area contributed by atoms with Gasteiger partial charge >= 0.3 is 5.97 Å². The highest BCUT2D eigenvalue weighted by molar-refractivity contribution is 9.10. The molecule has 0 saturated heterocycles. The van der Waals surface area contributed by atoms with Gasteiger partial charge in [-0.1, -0.05) is 22.0 Å². The van der Waals surface area contributed by atoms with Crippen molar-refractivity contribution < 1.29 is 9.53 Å². The SMILES string of the molecule is COC(=O)CCC1N=C(c2ccccn2)c2cc(Br)ccc2-n2cc(CN(C)C)nc21. The molecule has 1 aliphatic rings. The topological polar surface area (TPSA) is 72.6 Å². The summed E-state index contributed by atoms with van der Waals surface area (Å²) in [5.41, 5.74) is 4.47. The average Bonchev–Trinajstić information content (AvgIpc) is 3.11. The van der Waals surface area contributed by atoms with Crippen molar-refractivity contribution in [1.82, 2.24) is 19.4 Å². The highest BCUT2D eigenvalue weighted by Gasteiger charge is 2.28. The lowest BCUT2D eigenvalue weighted by Gasteiger charge is -2.12. The van der Waals surface area contributed by atoms with Gasteiger partial charge in [-0.15, -0.1) is 0 Å². The van der Waals surface area contributed by atoms with E-state index < -0.39 is 0 Å². The summed E-state index contributed by atoms with van der Waals surface area (Å²) in [6.45, 7) is 0.715.